The van der Waals surface area contributed by atoms with Crippen molar-refractivity contribution in [1.29, 1.82) is 0 Å². The Balaban J connectivity index is 2.13. The Morgan fingerprint density at radius 3 is 2.94 bits per heavy atom. The highest BCUT2D eigenvalue weighted by Gasteiger charge is 2.11. The number of rotatable bonds is 5. The van der Waals surface area contributed by atoms with Crippen LogP contribution in [0.2, 0.25) is 0 Å². The maximum Gasteiger partial charge on any atom is 0.258 e. The van der Waals surface area contributed by atoms with E-state index in [1.54, 1.807) is 18.2 Å². The smallest absolute Gasteiger partial charge is 0.258 e. The molecule has 0 aliphatic rings. The predicted octanol–water partition coefficient (Wildman–Crippen LogP) is 2.33. The van der Waals surface area contributed by atoms with Gasteiger partial charge < -0.3 is 14.4 Å². The predicted molar refractivity (Wildman–Crippen MR) is 66.3 cm³/mol. The van der Waals surface area contributed by atoms with E-state index >= 15 is 0 Å². The lowest BCUT2D eigenvalue weighted by atomic mass is 10.1. The molecule has 1 N–H and O–H groups in total. The number of aryl methyl sites for hydroxylation is 1. The largest absolute Gasteiger partial charge is 0.508 e. The summed E-state index contributed by atoms with van der Waals surface area (Å²) in [5.74, 6) is 1.33. The molecule has 0 atom stereocenters. The Bertz CT molecular complexity index is 523. The molecule has 5 heteroatoms. The molecule has 1 heterocycles. The Labute approximate surface area is 105 Å². The summed E-state index contributed by atoms with van der Waals surface area (Å²) in [6, 6.07) is 5.04. The van der Waals surface area contributed by atoms with Crippen LogP contribution in [-0.2, 0) is 11.2 Å². The van der Waals surface area contributed by atoms with Crippen LogP contribution in [-0.4, -0.2) is 28.5 Å². The van der Waals surface area contributed by atoms with E-state index in [4.69, 9.17) is 9.26 Å². The number of aromatic hydroxyl groups is 1. The summed E-state index contributed by atoms with van der Waals surface area (Å²) in [5, 5.41) is 13.2. The zero-order valence-electron chi connectivity index (χ0n) is 10.5. The lowest BCUT2D eigenvalue weighted by Gasteiger charge is -2.00. The molecule has 0 aliphatic heterocycles. The fraction of sp³-hybridized carbons (Fsp3) is 0.385. The van der Waals surface area contributed by atoms with E-state index in [2.05, 4.69) is 10.1 Å². The first-order chi connectivity index (χ1) is 8.70. The van der Waals surface area contributed by atoms with Crippen LogP contribution in [0.5, 0.6) is 5.75 Å². The van der Waals surface area contributed by atoms with Crippen molar-refractivity contribution in [1.82, 2.24) is 10.1 Å². The van der Waals surface area contributed by atoms with E-state index < -0.39 is 0 Å². The second kappa shape index (κ2) is 5.64. The van der Waals surface area contributed by atoms with Crippen LogP contribution in [0.1, 0.15) is 18.3 Å². The molecule has 2 aromatic rings. The van der Waals surface area contributed by atoms with E-state index in [0.29, 0.717) is 31.3 Å². The second-order valence-corrected chi connectivity index (χ2v) is 3.96. The summed E-state index contributed by atoms with van der Waals surface area (Å²) >= 11 is 0. The van der Waals surface area contributed by atoms with Gasteiger partial charge in [-0.05, 0) is 37.6 Å². The lowest BCUT2D eigenvalue weighted by molar-refractivity contribution is 0.149. The fourth-order valence-corrected chi connectivity index (χ4v) is 1.66. The number of nitrogens with zero attached hydrogens (tertiary/aromatic N) is 2. The number of aromatic nitrogens is 2. The number of hydrogen-bond donors (Lipinski definition) is 1. The monoisotopic (exact) mass is 248 g/mol. The van der Waals surface area contributed by atoms with Gasteiger partial charge in [-0.15, -0.1) is 0 Å². The van der Waals surface area contributed by atoms with Crippen molar-refractivity contribution in [2.75, 3.05) is 13.2 Å². The number of ether oxygens (including phenoxy) is 1. The average Bonchev–Trinajstić information content (AvgIpc) is 2.78. The van der Waals surface area contributed by atoms with E-state index in [9.17, 15) is 5.11 Å². The zero-order chi connectivity index (χ0) is 13.0. The standard InChI is InChI=1S/C13H16N2O3/c1-3-17-7-6-12-14-13(18-15-12)11-5-4-10(16)8-9(11)2/h4-5,8,16H,3,6-7H2,1-2H3. The maximum absolute atomic E-state index is 9.35. The van der Waals surface area contributed by atoms with Gasteiger partial charge >= 0.3 is 0 Å². The molecule has 0 radical (unpaired) electrons. The first kappa shape index (κ1) is 12.6. The maximum atomic E-state index is 9.35. The minimum atomic E-state index is 0.229. The normalized spacial score (nSPS) is 10.8. The van der Waals surface area contributed by atoms with Crippen molar-refractivity contribution < 1.29 is 14.4 Å². The Hall–Kier alpha value is -1.88. The summed E-state index contributed by atoms with van der Waals surface area (Å²) < 4.78 is 10.4. The molecule has 0 unspecified atom stereocenters. The van der Waals surface area contributed by atoms with Crippen molar-refractivity contribution in [2.45, 2.75) is 20.3 Å². The summed E-state index contributed by atoms with van der Waals surface area (Å²) in [4.78, 5) is 4.30. The van der Waals surface area contributed by atoms with Gasteiger partial charge in [0.1, 0.15) is 5.75 Å². The molecular weight excluding hydrogens is 232 g/mol. The van der Waals surface area contributed by atoms with Gasteiger partial charge in [-0.25, -0.2) is 0 Å². The van der Waals surface area contributed by atoms with Gasteiger partial charge in [-0.2, -0.15) is 4.98 Å². The van der Waals surface area contributed by atoms with Crippen molar-refractivity contribution in [3.63, 3.8) is 0 Å². The Morgan fingerprint density at radius 2 is 2.22 bits per heavy atom. The summed E-state index contributed by atoms with van der Waals surface area (Å²) in [6.07, 6.45) is 0.633. The summed E-state index contributed by atoms with van der Waals surface area (Å²) in [6.45, 7) is 5.10. The van der Waals surface area contributed by atoms with Gasteiger partial charge in [0.25, 0.3) is 5.89 Å². The number of phenols is 1. The molecule has 18 heavy (non-hydrogen) atoms. The molecule has 0 spiro atoms. The molecule has 96 valence electrons. The van der Waals surface area contributed by atoms with Gasteiger partial charge in [0.2, 0.25) is 0 Å². The molecule has 0 aliphatic carbocycles. The van der Waals surface area contributed by atoms with Crippen LogP contribution < -0.4 is 0 Å². The first-order valence-electron chi connectivity index (χ1n) is 5.91. The highest BCUT2D eigenvalue weighted by atomic mass is 16.5. The van der Waals surface area contributed by atoms with E-state index in [1.165, 1.54) is 0 Å². The molecule has 0 saturated heterocycles. The van der Waals surface area contributed by atoms with Crippen LogP contribution in [0.15, 0.2) is 22.7 Å². The van der Waals surface area contributed by atoms with E-state index in [1.807, 2.05) is 13.8 Å². The van der Waals surface area contributed by atoms with Crippen LogP contribution >= 0.6 is 0 Å². The van der Waals surface area contributed by atoms with Gasteiger partial charge in [0.15, 0.2) is 5.82 Å². The van der Waals surface area contributed by atoms with Crippen molar-refractivity contribution in [3.8, 4) is 17.2 Å². The van der Waals surface area contributed by atoms with Crippen LogP contribution in [0.3, 0.4) is 0 Å². The van der Waals surface area contributed by atoms with Gasteiger partial charge in [0.05, 0.1) is 6.61 Å². The number of hydrogen-bond acceptors (Lipinski definition) is 5. The average molecular weight is 248 g/mol. The molecule has 0 fully saturated rings. The van der Waals surface area contributed by atoms with Crippen molar-refractivity contribution in [3.05, 3.63) is 29.6 Å². The number of phenolic OH excluding ortho intramolecular Hbond substituents is 1. The highest BCUT2D eigenvalue weighted by Crippen LogP contribution is 2.24. The van der Waals surface area contributed by atoms with Crippen LogP contribution in [0.25, 0.3) is 11.5 Å². The molecule has 1 aromatic heterocycles. The van der Waals surface area contributed by atoms with Gasteiger partial charge in [-0.3, -0.25) is 0 Å². The minimum absolute atomic E-state index is 0.229. The third kappa shape index (κ3) is 2.87. The molecule has 0 bridgehead atoms. The lowest BCUT2D eigenvalue weighted by Crippen LogP contribution is -1.99. The van der Waals surface area contributed by atoms with Gasteiger partial charge in [0, 0.05) is 18.6 Å². The summed E-state index contributed by atoms with van der Waals surface area (Å²) in [7, 11) is 0. The Morgan fingerprint density at radius 1 is 1.39 bits per heavy atom. The molecule has 0 saturated carbocycles. The van der Waals surface area contributed by atoms with Crippen molar-refractivity contribution >= 4 is 0 Å². The first-order valence-corrected chi connectivity index (χ1v) is 5.91. The van der Waals surface area contributed by atoms with E-state index in [-0.39, 0.29) is 5.75 Å². The zero-order valence-corrected chi connectivity index (χ0v) is 10.5. The minimum Gasteiger partial charge on any atom is -0.508 e. The SMILES string of the molecule is CCOCCc1noc(-c2ccc(O)cc2C)n1. The fourth-order valence-electron chi connectivity index (χ4n) is 1.66. The molecule has 5 nitrogen and oxygen atoms in total. The molecule has 0 amide bonds. The van der Waals surface area contributed by atoms with E-state index in [0.717, 1.165) is 11.1 Å². The molecule has 1 aromatic carbocycles. The second-order valence-electron chi connectivity index (χ2n) is 3.96. The third-order valence-corrected chi connectivity index (χ3v) is 2.58. The van der Waals surface area contributed by atoms with Gasteiger partial charge in [-0.1, -0.05) is 5.16 Å². The van der Waals surface area contributed by atoms with Crippen molar-refractivity contribution in [2.24, 2.45) is 0 Å². The molecule has 2 rings (SSSR count). The van der Waals surface area contributed by atoms with Crippen LogP contribution in [0, 0.1) is 6.92 Å². The number of benzene rings is 1. The summed E-state index contributed by atoms with van der Waals surface area (Å²) in [5.41, 5.74) is 1.73. The third-order valence-electron chi connectivity index (χ3n) is 2.58. The Kier molecular flexibility index (Phi) is 3.94. The quantitative estimate of drug-likeness (QED) is 0.822. The topological polar surface area (TPSA) is 68.4 Å². The molecular formula is C13H16N2O3. The van der Waals surface area contributed by atoms with Crippen LogP contribution in [0.4, 0.5) is 0 Å². The highest BCUT2D eigenvalue weighted by molar-refractivity contribution is 5.59.